The van der Waals surface area contributed by atoms with Crippen LogP contribution >= 0.6 is 0 Å². The van der Waals surface area contributed by atoms with Gasteiger partial charge in [0.05, 0.1) is 92.5 Å². The zero-order valence-electron chi connectivity index (χ0n) is 22.4. The van der Waals surface area contributed by atoms with E-state index in [0.29, 0.717) is 90.4 Å². The smallest absolute Gasteiger partial charge is 0.110 e. The number of hydrogen-bond acceptors (Lipinski definition) is 10. The second-order valence-corrected chi connectivity index (χ2v) is 8.67. The highest BCUT2D eigenvalue weighted by Gasteiger charge is 2.28. The maximum atomic E-state index is 10.9. The number of ether oxygens (including phenoxy) is 8. The van der Waals surface area contributed by atoms with E-state index in [9.17, 15) is 10.2 Å². The summed E-state index contributed by atoms with van der Waals surface area (Å²) in [5.74, 6) is 0. The number of hydrogen-bond donors (Lipinski definition) is 2. The molecule has 2 atom stereocenters. The summed E-state index contributed by atoms with van der Waals surface area (Å²) in [6.45, 7) is 9.17. The van der Waals surface area contributed by atoms with Gasteiger partial charge in [-0.25, -0.2) is 0 Å². The summed E-state index contributed by atoms with van der Waals surface area (Å²) in [7, 11) is 3.26. The lowest BCUT2D eigenvalue weighted by molar-refractivity contribution is -0.0589. The molecule has 0 saturated carbocycles. The third-order valence-electron chi connectivity index (χ3n) is 5.22. The molecule has 10 heteroatoms. The molecule has 0 saturated heterocycles. The summed E-state index contributed by atoms with van der Waals surface area (Å²) < 4.78 is 42.6. The third-order valence-corrected chi connectivity index (χ3v) is 5.22. The van der Waals surface area contributed by atoms with E-state index in [2.05, 4.69) is 0 Å². The first-order valence-electron chi connectivity index (χ1n) is 12.3. The van der Waals surface area contributed by atoms with Crippen molar-refractivity contribution in [3.8, 4) is 0 Å². The quantitative estimate of drug-likeness (QED) is 0.195. The molecule has 2 unspecified atom stereocenters. The van der Waals surface area contributed by atoms with Crippen LogP contribution in [0, 0.1) is 0 Å². The molecule has 0 aromatic heterocycles. The van der Waals surface area contributed by atoms with Crippen LogP contribution in [0.4, 0.5) is 0 Å². The van der Waals surface area contributed by atoms with E-state index in [0.717, 1.165) is 0 Å². The monoisotopic (exact) mass is 518 g/mol. The fourth-order valence-corrected chi connectivity index (χ4v) is 3.06. The van der Waals surface area contributed by atoms with Gasteiger partial charge in [0.1, 0.15) is 11.2 Å². The Labute approximate surface area is 215 Å². The number of methoxy groups -OCH3 is 2. The molecule has 0 fully saturated rings. The third kappa shape index (κ3) is 15.2. The zero-order chi connectivity index (χ0) is 26.5. The summed E-state index contributed by atoms with van der Waals surface area (Å²) in [4.78, 5) is 0. The normalized spacial score (nSPS) is 15.1. The zero-order valence-corrected chi connectivity index (χ0v) is 22.4. The van der Waals surface area contributed by atoms with Crippen molar-refractivity contribution in [3.63, 3.8) is 0 Å². The Morgan fingerprint density at radius 1 is 0.528 bits per heavy atom. The minimum absolute atomic E-state index is 0.0926. The molecule has 0 aliphatic rings. The second kappa shape index (κ2) is 19.9. The van der Waals surface area contributed by atoms with Gasteiger partial charge in [-0.05, 0) is 31.0 Å². The van der Waals surface area contributed by atoms with Gasteiger partial charge < -0.3 is 48.1 Å². The average molecular weight is 519 g/mol. The van der Waals surface area contributed by atoms with Gasteiger partial charge in [-0.1, -0.05) is 18.2 Å². The van der Waals surface area contributed by atoms with Crippen molar-refractivity contribution in [2.75, 3.05) is 107 Å². The first kappa shape index (κ1) is 32.8. The van der Waals surface area contributed by atoms with Crippen molar-refractivity contribution in [1.29, 1.82) is 0 Å². The fraction of sp³-hybridized carbons (Fsp3) is 0.769. The molecule has 0 spiro atoms. The second-order valence-electron chi connectivity index (χ2n) is 8.67. The van der Waals surface area contributed by atoms with Gasteiger partial charge in [-0.2, -0.15) is 0 Å². The molecule has 1 aromatic carbocycles. The van der Waals surface area contributed by atoms with E-state index in [1.165, 1.54) is 0 Å². The van der Waals surface area contributed by atoms with Crippen molar-refractivity contribution in [2.45, 2.75) is 25.0 Å². The van der Waals surface area contributed by atoms with Gasteiger partial charge in [0.25, 0.3) is 0 Å². The molecule has 0 aliphatic heterocycles. The van der Waals surface area contributed by atoms with Gasteiger partial charge in [0.2, 0.25) is 0 Å². The van der Waals surface area contributed by atoms with Gasteiger partial charge in [-0.15, -0.1) is 0 Å². The Balaban J connectivity index is 2.31. The van der Waals surface area contributed by atoms with Gasteiger partial charge in [0.15, 0.2) is 0 Å². The van der Waals surface area contributed by atoms with Gasteiger partial charge in [-0.3, -0.25) is 0 Å². The standard InChI is InChI=1S/C26H46O10/c1-25(27,21-35-18-16-33-14-12-31-10-8-29-3)23-6-5-7-24(20-23)26(2,28)22-36-19-17-34-15-13-32-11-9-30-4/h5-7,20,27-28H,8-19,21-22H2,1-4H3. The van der Waals surface area contributed by atoms with E-state index in [1.807, 2.05) is 0 Å². The Kier molecular flexibility index (Phi) is 18.1. The molecule has 1 rings (SSSR count). The van der Waals surface area contributed by atoms with E-state index in [1.54, 1.807) is 52.3 Å². The molecular formula is C26H46O10. The molecule has 0 heterocycles. The number of aliphatic hydroxyl groups is 2. The molecule has 2 N–H and O–H groups in total. The first-order chi connectivity index (χ1) is 17.3. The highest BCUT2D eigenvalue weighted by Crippen LogP contribution is 2.27. The van der Waals surface area contributed by atoms with Gasteiger partial charge in [0, 0.05) is 14.2 Å². The van der Waals surface area contributed by atoms with Crippen LogP contribution in [0.3, 0.4) is 0 Å². The Hall–Kier alpha value is -1.18. The summed E-state index contributed by atoms with van der Waals surface area (Å²) in [6, 6.07) is 7.18. The molecule has 36 heavy (non-hydrogen) atoms. The molecule has 210 valence electrons. The number of benzene rings is 1. The molecule has 0 aliphatic carbocycles. The minimum Gasteiger partial charge on any atom is -0.383 e. The van der Waals surface area contributed by atoms with Crippen LogP contribution in [0.5, 0.6) is 0 Å². The van der Waals surface area contributed by atoms with Crippen molar-refractivity contribution >= 4 is 0 Å². The van der Waals surface area contributed by atoms with E-state index >= 15 is 0 Å². The number of rotatable bonds is 24. The van der Waals surface area contributed by atoms with E-state index in [-0.39, 0.29) is 13.2 Å². The molecule has 0 bridgehead atoms. The molecular weight excluding hydrogens is 472 g/mol. The maximum Gasteiger partial charge on any atom is 0.110 e. The van der Waals surface area contributed by atoms with Crippen LogP contribution in [0.2, 0.25) is 0 Å². The molecule has 1 aromatic rings. The molecule has 10 nitrogen and oxygen atoms in total. The summed E-state index contributed by atoms with van der Waals surface area (Å²) in [5.41, 5.74) is -1.17. The SMILES string of the molecule is COCCOCCOCCOCC(C)(O)c1cccc(C(C)(O)COCCOCCOCCOC)c1. The van der Waals surface area contributed by atoms with E-state index < -0.39 is 11.2 Å². The Bertz CT molecular complexity index is 602. The van der Waals surface area contributed by atoms with Crippen molar-refractivity contribution in [1.82, 2.24) is 0 Å². The Morgan fingerprint density at radius 2 is 0.833 bits per heavy atom. The largest absolute Gasteiger partial charge is 0.383 e. The van der Waals surface area contributed by atoms with Crippen LogP contribution < -0.4 is 0 Å². The topological polar surface area (TPSA) is 114 Å². The van der Waals surface area contributed by atoms with Crippen LogP contribution in [-0.4, -0.2) is 117 Å². The maximum absolute atomic E-state index is 10.9. The van der Waals surface area contributed by atoms with Crippen LogP contribution in [0.25, 0.3) is 0 Å². The Morgan fingerprint density at radius 3 is 1.17 bits per heavy atom. The van der Waals surface area contributed by atoms with Crippen molar-refractivity contribution in [2.24, 2.45) is 0 Å². The summed E-state index contributed by atoms with van der Waals surface area (Å²) in [5, 5.41) is 21.8. The lowest BCUT2D eigenvalue weighted by Crippen LogP contribution is -2.31. The fourth-order valence-electron chi connectivity index (χ4n) is 3.06. The first-order valence-corrected chi connectivity index (χ1v) is 12.3. The predicted molar refractivity (Wildman–Crippen MR) is 134 cm³/mol. The van der Waals surface area contributed by atoms with Crippen molar-refractivity contribution < 1.29 is 48.1 Å². The summed E-state index contributed by atoms with van der Waals surface area (Å²) >= 11 is 0. The van der Waals surface area contributed by atoms with Crippen molar-refractivity contribution in [3.05, 3.63) is 35.4 Å². The van der Waals surface area contributed by atoms with E-state index in [4.69, 9.17) is 37.9 Å². The minimum atomic E-state index is -1.23. The lowest BCUT2D eigenvalue weighted by atomic mass is 9.90. The summed E-state index contributed by atoms with van der Waals surface area (Å²) in [6.07, 6.45) is 0. The van der Waals surface area contributed by atoms with Gasteiger partial charge >= 0.3 is 0 Å². The predicted octanol–water partition coefficient (Wildman–Crippen LogP) is 1.49. The highest BCUT2D eigenvalue weighted by atomic mass is 16.6. The molecule has 0 amide bonds. The van der Waals surface area contributed by atoms with Crippen LogP contribution in [0.1, 0.15) is 25.0 Å². The molecule has 0 radical (unpaired) electrons. The average Bonchev–Trinajstić information content (AvgIpc) is 2.86. The lowest BCUT2D eigenvalue weighted by Gasteiger charge is -2.28. The highest BCUT2D eigenvalue weighted by molar-refractivity contribution is 5.31. The van der Waals surface area contributed by atoms with Crippen LogP contribution in [0.15, 0.2) is 24.3 Å². The van der Waals surface area contributed by atoms with Crippen LogP contribution in [-0.2, 0) is 49.1 Å².